The Kier molecular flexibility index (Phi) is 3.73. The highest BCUT2D eigenvalue weighted by molar-refractivity contribution is 5.61. The van der Waals surface area contributed by atoms with E-state index in [2.05, 4.69) is 68.1 Å². The first-order valence-corrected chi connectivity index (χ1v) is 7.75. The number of nitrogens with two attached hydrogens (primary N) is 1. The molecule has 0 fully saturated rings. The van der Waals surface area contributed by atoms with Gasteiger partial charge in [0, 0.05) is 18.3 Å². The molecule has 2 aromatic rings. The molecule has 3 rings (SSSR count). The molecule has 2 N–H and O–H groups in total. The maximum absolute atomic E-state index is 6.15. The van der Waals surface area contributed by atoms with E-state index in [9.17, 15) is 0 Å². The summed E-state index contributed by atoms with van der Waals surface area (Å²) in [5.74, 6) is 0. The molecule has 0 bridgehead atoms. The number of nitrogens with zero attached hydrogens (tertiary/aromatic N) is 1. The summed E-state index contributed by atoms with van der Waals surface area (Å²) in [6.45, 7) is 7.27. The van der Waals surface area contributed by atoms with E-state index in [1.54, 1.807) is 0 Å². The number of anilines is 1. The van der Waals surface area contributed by atoms with Crippen LogP contribution in [0.1, 0.15) is 35.2 Å². The number of benzene rings is 2. The smallest absolute Gasteiger partial charge is 0.0668 e. The Morgan fingerprint density at radius 3 is 2.62 bits per heavy atom. The van der Waals surface area contributed by atoms with Gasteiger partial charge in [-0.2, -0.15) is 0 Å². The van der Waals surface area contributed by atoms with Gasteiger partial charge in [0.2, 0.25) is 0 Å². The molecule has 0 radical (unpaired) electrons. The van der Waals surface area contributed by atoms with E-state index in [0.717, 1.165) is 6.42 Å². The van der Waals surface area contributed by atoms with Crippen LogP contribution >= 0.6 is 0 Å². The summed E-state index contributed by atoms with van der Waals surface area (Å²) in [4.78, 5) is 2.50. The van der Waals surface area contributed by atoms with Crippen molar-refractivity contribution in [1.82, 2.24) is 0 Å². The van der Waals surface area contributed by atoms with E-state index in [1.807, 2.05) is 0 Å². The molecule has 0 saturated heterocycles. The molecule has 2 aromatic carbocycles. The second-order valence-electron chi connectivity index (χ2n) is 6.18. The Morgan fingerprint density at radius 2 is 1.90 bits per heavy atom. The van der Waals surface area contributed by atoms with Crippen LogP contribution in [0.25, 0.3) is 0 Å². The molecule has 21 heavy (non-hydrogen) atoms. The maximum atomic E-state index is 6.15. The lowest BCUT2D eigenvalue weighted by molar-refractivity contribution is 0.568. The van der Waals surface area contributed by atoms with Crippen molar-refractivity contribution < 1.29 is 0 Å². The number of para-hydroxylation sites is 1. The molecule has 110 valence electrons. The van der Waals surface area contributed by atoms with Gasteiger partial charge < -0.3 is 10.6 Å². The van der Waals surface area contributed by atoms with Gasteiger partial charge in [-0.25, -0.2) is 0 Å². The molecule has 0 saturated carbocycles. The van der Waals surface area contributed by atoms with Crippen molar-refractivity contribution in [2.24, 2.45) is 5.73 Å². The third-order valence-electron chi connectivity index (χ3n) is 4.73. The van der Waals surface area contributed by atoms with Crippen LogP contribution in [0.4, 0.5) is 5.69 Å². The highest BCUT2D eigenvalue weighted by atomic mass is 15.2. The van der Waals surface area contributed by atoms with Crippen molar-refractivity contribution in [1.29, 1.82) is 0 Å². The average Bonchev–Trinajstić information content (AvgIpc) is 2.80. The first-order valence-electron chi connectivity index (χ1n) is 7.75. The van der Waals surface area contributed by atoms with Gasteiger partial charge in [0.1, 0.15) is 0 Å². The van der Waals surface area contributed by atoms with Gasteiger partial charge in [-0.3, -0.25) is 0 Å². The fourth-order valence-electron chi connectivity index (χ4n) is 3.45. The van der Waals surface area contributed by atoms with Crippen LogP contribution in [0.15, 0.2) is 42.5 Å². The number of hydrogen-bond donors (Lipinski definition) is 1. The fraction of sp³-hybridized carbons (Fsp3) is 0.368. The van der Waals surface area contributed by atoms with Gasteiger partial charge in [0.05, 0.1) is 6.04 Å². The van der Waals surface area contributed by atoms with Crippen LogP contribution in [0, 0.1) is 13.8 Å². The van der Waals surface area contributed by atoms with Crippen LogP contribution in [0.5, 0.6) is 0 Å². The highest BCUT2D eigenvalue weighted by Crippen LogP contribution is 2.38. The molecule has 0 amide bonds. The molecule has 1 aliphatic heterocycles. The summed E-state index contributed by atoms with van der Waals surface area (Å²) in [5, 5.41) is 0. The summed E-state index contributed by atoms with van der Waals surface area (Å²) < 4.78 is 0. The molecule has 2 unspecified atom stereocenters. The van der Waals surface area contributed by atoms with Crippen molar-refractivity contribution in [2.75, 3.05) is 11.4 Å². The zero-order valence-corrected chi connectivity index (χ0v) is 13.1. The molecular weight excluding hydrogens is 256 g/mol. The van der Waals surface area contributed by atoms with Crippen LogP contribution in [-0.4, -0.2) is 12.6 Å². The fourth-order valence-corrected chi connectivity index (χ4v) is 3.45. The van der Waals surface area contributed by atoms with Gasteiger partial charge in [-0.05, 0) is 55.5 Å². The van der Waals surface area contributed by atoms with Gasteiger partial charge in [0.25, 0.3) is 0 Å². The molecule has 2 atom stereocenters. The SMILES string of the molecule is Cc1ccc(C(CN)N2c3ccccc3CC2C)cc1C. The number of hydrogen-bond acceptors (Lipinski definition) is 2. The molecule has 2 nitrogen and oxygen atoms in total. The van der Waals surface area contributed by atoms with E-state index in [-0.39, 0.29) is 6.04 Å². The van der Waals surface area contributed by atoms with Gasteiger partial charge in [-0.1, -0.05) is 36.4 Å². The van der Waals surface area contributed by atoms with Crippen molar-refractivity contribution in [3.63, 3.8) is 0 Å². The lowest BCUT2D eigenvalue weighted by Crippen LogP contribution is -2.37. The Morgan fingerprint density at radius 1 is 1.14 bits per heavy atom. The molecule has 0 aromatic heterocycles. The normalized spacial score (nSPS) is 18.7. The largest absolute Gasteiger partial charge is 0.360 e. The molecule has 2 heteroatoms. The van der Waals surface area contributed by atoms with Gasteiger partial charge in [0.15, 0.2) is 0 Å². The molecular formula is C19H24N2. The van der Waals surface area contributed by atoms with E-state index in [0.29, 0.717) is 12.6 Å². The highest BCUT2D eigenvalue weighted by Gasteiger charge is 2.31. The van der Waals surface area contributed by atoms with Crippen molar-refractivity contribution in [3.05, 3.63) is 64.7 Å². The maximum Gasteiger partial charge on any atom is 0.0668 e. The number of rotatable bonds is 3. The minimum absolute atomic E-state index is 0.253. The monoisotopic (exact) mass is 280 g/mol. The Hall–Kier alpha value is -1.80. The first-order chi connectivity index (χ1) is 10.1. The summed E-state index contributed by atoms with van der Waals surface area (Å²) >= 11 is 0. The lowest BCUT2D eigenvalue weighted by Gasteiger charge is -2.34. The standard InChI is InChI=1S/C19H24N2/c1-13-8-9-17(10-14(13)2)19(12-20)21-15(3)11-16-6-4-5-7-18(16)21/h4-10,15,19H,11-12,20H2,1-3H3. The number of aryl methyl sites for hydroxylation is 2. The predicted octanol–water partition coefficient (Wildman–Crippen LogP) is 3.75. The molecule has 1 aliphatic rings. The Labute approximate surface area is 127 Å². The predicted molar refractivity (Wildman–Crippen MR) is 89.8 cm³/mol. The van der Waals surface area contributed by atoms with E-state index >= 15 is 0 Å². The second-order valence-corrected chi connectivity index (χ2v) is 6.18. The summed E-state index contributed by atoms with van der Waals surface area (Å²) in [5.41, 5.74) is 12.9. The summed E-state index contributed by atoms with van der Waals surface area (Å²) in [6, 6.07) is 16.2. The minimum atomic E-state index is 0.253. The quantitative estimate of drug-likeness (QED) is 0.927. The van der Waals surface area contributed by atoms with Crippen LogP contribution in [0.3, 0.4) is 0 Å². The van der Waals surface area contributed by atoms with E-state index < -0.39 is 0 Å². The lowest BCUT2D eigenvalue weighted by atomic mass is 9.99. The zero-order valence-electron chi connectivity index (χ0n) is 13.1. The summed E-state index contributed by atoms with van der Waals surface area (Å²) in [6.07, 6.45) is 1.11. The Bertz CT molecular complexity index is 648. The van der Waals surface area contributed by atoms with Gasteiger partial charge >= 0.3 is 0 Å². The van der Waals surface area contributed by atoms with E-state index in [1.165, 1.54) is 27.9 Å². The van der Waals surface area contributed by atoms with Crippen LogP contribution in [-0.2, 0) is 6.42 Å². The average molecular weight is 280 g/mol. The van der Waals surface area contributed by atoms with Crippen molar-refractivity contribution >= 4 is 5.69 Å². The molecule has 1 heterocycles. The minimum Gasteiger partial charge on any atom is -0.360 e. The number of fused-ring (bicyclic) bond motifs is 1. The van der Waals surface area contributed by atoms with Crippen molar-refractivity contribution in [3.8, 4) is 0 Å². The Balaban J connectivity index is 2.02. The first kappa shape index (κ1) is 14.2. The zero-order chi connectivity index (χ0) is 15.0. The van der Waals surface area contributed by atoms with Gasteiger partial charge in [-0.15, -0.1) is 0 Å². The third-order valence-corrected chi connectivity index (χ3v) is 4.73. The third kappa shape index (κ3) is 2.44. The van der Waals surface area contributed by atoms with Crippen LogP contribution < -0.4 is 10.6 Å². The summed E-state index contributed by atoms with van der Waals surface area (Å²) in [7, 11) is 0. The molecule has 0 spiro atoms. The van der Waals surface area contributed by atoms with E-state index in [4.69, 9.17) is 5.73 Å². The van der Waals surface area contributed by atoms with Crippen molar-refractivity contribution in [2.45, 2.75) is 39.3 Å². The van der Waals surface area contributed by atoms with Crippen LogP contribution in [0.2, 0.25) is 0 Å². The second kappa shape index (κ2) is 5.53. The molecule has 0 aliphatic carbocycles. The topological polar surface area (TPSA) is 29.3 Å².